The van der Waals surface area contributed by atoms with Crippen LogP contribution in [0.5, 0.6) is 5.75 Å². The quantitative estimate of drug-likeness (QED) is 0.267. The van der Waals surface area contributed by atoms with Gasteiger partial charge in [0, 0.05) is 18.6 Å². The largest absolute Gasteiger partial charge is 0.486 e. The molecule has 0 N–H and O–H groups in total. The molecule has 0 saturated heterocycles. The number of carbonyl (C=O) groups is 2. The van der Waals surface area contributed by atoms with E-state index in [1.807, 2.05) is 0 Å². The van der Waals surface area contributed by atoms with Gasteiger partial charge in [-0.2, -0.15) is 13.2 Å². The summed E-state index contributed by atoms with van der Waals surface area (Å²) < 4.78 is 48.4. The molecule has 0 aliphatic heterocycles. The zero-order chi connectivity index (χ0) is 23.8. The number of rotatable bonds is 11. The van der Waals surface area contributed by atoms with Crippen LogP contribution in [0.25, 0.3) is 0 Å². The van der Waals surface area contributed by atoms with Gasteiger partial charge in [-0.15, -0.1) is 0 Å². The van der Waals surface area contributed by atoms with Crippen molar-refractivity contribution in [1.29, 1.82) is 0 Å². The van der Waals surface area contributed by atoms with Crippen molar-refractivity contribution in [2.45, 2.75) is 39.0 Å². The van der Waals surface area contributed by atoms with Crippen LogP contribution in [-0.2, 0) is 33.6 Å². The Morgan fingerprint density at radius 3 is 2.48 bits per heavy atom. The number of ether oxygens (including phenoxy) is 2. The van der Waals surface area contributed by atoms with Crippen molar-refractivity contribution < 1.29 is 37.1 Å². The number of ketones is 1. The van der Waals surface area contributed by atoms with Gasteiger partial charge in [0.15, 0.2) is 5.78 Å². The smallest absolute Gasteiger partial charge is 0.416 e. The van der Waals surface area contributed by atoms with Crippen molar-refractivity contribution in [1.82, 2.24) is 0 Å². The molecular formula is C24H24F3NO5. The third kappa shape index (κ3) is 7.34. The molecule has 0 heterocycles. The minimum Gasteiger partial charge on any atom is -0.486 e. The number of hydrogen-bond donors (Lipinski definition) is 0. The fraction of sp³-hybridized carbons (Fsp3) is 0.375. The number of benzene rings is 2. The van der Waals surface area contributed by atoms with E-state index in [4.69, 9.17) is 14.3 Å². The van der Waals surface area contributed by atoms with E-state index in [0.717, 1.165) is 25.0 Å². The fourth-order valence-corrected chi connectivity index (χ4v) is 2.99. The van der Waals surface area contributed by atoms with Crippen LogP contribution >= 0.6 is 0 Å². The van der Waals surface area contributed by atoms with E-state index >= 15 is 0 Å². The highest BCUT2D eigenvalue weighted by Crippen LogP contribution is 2.30. The third-order valence-corrected chi connectivity index (χ3v) is 4.96. The molecule has 1 aliphatic carbocycles. The van der Waals surface area contributed by atoms with Crippen molar-refractivity contribution in [3.05, 3.63) is 64.7 Å². The maximum absolute atomic E-state index is 12.6. The summed E-state index contributed by atoms with van der Waals surface area (Å²) in [4.78, 5) is 29.3. The van der Waals surface area contributed by atoms with Gasteiger partial charge in [-0.05, 0) is 55.2 Å². The highest BCUT2D eigenvalue weighted by Gasteiger charge is 2.30. The first kappa shape index (κ1) is 24.3. The van der Waals surface area contributed by atoms with E-state index in [0.29, 0.717) is 22.4 Å². The SMILES string of the molecule is CCOC(=O)c1cc(OCC(=O)C2CC2)ccc1CC=NOCc1ccc(C(F)(F)F)cc1. The molecule has 1 aliphatic rings. The van der Waals surface area contributed by atoms with Crippen LogP contribution in [0.4, 0.5) is 13.2 Å². The Morgan fingerprint density at radius 2 is 1.85 bits per heavy atom. The predicted molar refractivity (Wildman–Crippen MR) is 114 cm³/mol. The number of hydrogen-bond acceptors (Lipinski definition) is 6. The number of Topliss-reactive ketones (excluding diaryl/α,β-unsaturated/α-hetero) is 1. The molecule has 1 saturated carbocycles. The Morgan fingerprint density at radius 1 is 1.12 bits per heavy atom. The topological polar surface area (TPSA) is 74.2 Å². The first-order valence-electron chi connectivity index (χ1n) is 10.5. The number of carbonyl (C=O) groups excluding carboxylic acids is 2. The van der Waals surface area contributed by atoms with Gasteiger partial charge in [-0.25, -0.2) is 4.79 Å². The molecule has 0 atom stereocenters. The van der Waals surface area contributed by atoms with Gasteiger partial charge in [-0.3, -0.25) is 4.79 Å². The molecule has 0 aromatic heterocycles. The van der Waals surface area contributed by atoms with Crippen LogP contribution in [0, 0.1) is 5.92 Å². The highest BCUT2D eigenvalue weighted by molar-refractivity contribution is 5.92. The maximum Gasteiger partial charge on any atom is 0.416 e. The summed E-state index contributed by atoms with van der Waals surface area (Å²) in [5.41, 5.74) is 0.721. The Labute approximate surface area is 189 Å². The van der Waals surface area contributed by atoms with Crippen molar-refractivity contribution in [3.8, 4) is 5.75 Å². The van der Waals surface area contributed by atoms with Gasteiger partial charge in [-0.1, -0.05) is 23.4 Å². The fourth-order valence-electron chi connectivity index (χ4n) is 2.99. The maximum atomic E-state index is 12.6. The molecule has 0 bridgehead atoms. The number of oxime groups is 1. The van der Waals surface area contributed by atoms with Gasteiger partial charge in [0.25, 0.3) is 0 Å². The van der Waals surface area contributed by atoms with Crippen LogP contribution in [0.1, 0.15) is 46.8 Å². The average Bonchev–Trinajstić information content (AvgIpc) is 3.63. The molecule has 9 heteroatoms. The third-order valence-electron chi connectivity index (χ3n) is 4.96. The van der Waals surface area contributed by atoms with Crippen LogP contribution in [0.3, 0.4) is 0 Å². The summed E-state index contributed by atoms with van der Waals surface area (Å²) in [7, 11) is 0. The van der Waals surface area contributed by atoms with E-state index in [1.165, 1.54) is 24.4 Å². The monoisotopic (exact) mass is 463 g/mol. The van der Waals surface area contributed by atoms with Gasteiger partial charge in [0.05, 0.1) is 17.7 Å². The first-order chi connectivity index (χ1) is 15.8. The molecule has 33 heavy (non-hydrogen) atoms. The van der Waals surface area contributed by atoms with Gasteiger partial charge >= 0.3 is 12.1 Å². The lowest BCUT2D eigenvalue weighted by molar-refractivity contribution is -0.137. The minimum atomic E-state index is -4.39. The molecule has 0 amide bonds. The Hall–Kier alpha value is -3.36. The number of esters is 1. The van der Waals surface area contributed by atoms with Crippen molar-refractivity contribution in [2.24, 2.45) is 11.1 Å². The van der Waals surface area contributed by atoms with E-state index in [2.05, 4.69) is 5.16 Å². The van der Waals surface area contributed by atoms with Crippen molar-refractivity contribution in [3.63, 3.8) is 0 Å². The lowest BCUT2D eigenvalue weighted by Gasteiger charge is -2.11. The highest BCUT2D eigenvalue weighted by atomic mass is 19.4. The summed E-state index contributed by atoms with van der Waals surface area (Å²) in [5.74, 6) is 0.0125. The summed E-state index contributed by atoms with van der Waals surface area (Å²) in [6, 6.07) is 9.49. The van der Waals surface area contributed by atoms with E-state index in [-0.39, 0.29) is 37.9 Å². The summed E-state index contributed by atoms with van der Waals surface area (Å²) in [5, 5.41) is 3.81. The first-order valence-corrected chi connectivity index (χ1v) is 10.5. The molecule has 3 rings (SSSR count). The zero-order valence-electron chi connectivity index (χ0n) is 18.1. The molecular weight excluding hydrogens is 439 g/mol. The summed E-state index contributed by atoms with van der Waals surface area (Å²) in [6.07, 6.45) is -0.895. The molecule has 2 aromatic carbocycles. The standard InChI is InChI=1S/C24H24F3NO5/c1-2-31-23(30)21-13-20(32-15-22(29)18-5-6-18)10-7-17(21)11-12-28-33-14-16-3-8-19(9-4-16)24(25,26)27/h3-4,7-10,12-13,18H,2,5-6,11,14-15H2,1H3. The van der Waals surface area contributed by atoms with Gasteiger partial charge < -0.3 is 14.3 Å². The molecule has 0 spiro atoms. The Bertz CT molecular complexity index is 998. The minimum absolute atomic E-state index is 0.00116. The predicted octanol–water partition coefficient (Wildman–Crippen LogP) is 4.99. The van der Waals surface area contributed by atoms with Crippen LogP contribution in [-0.4, -0.2) is 31.2 Å². The molecule has 0 unspecified atom stereocenters. The molecule has 176 valence electrons. The number of alkyl halides is 3. The molecule has 2 aromatic rings. The lowest BCUT2D eigenvalue weighted by atomic mass is 10.0. The van der Waals surface area contributed by atoms with Crippen molar-refractivity contribution >= 4 is 18.0 Å². The summed E-state index contributed by atoms with van der Waals surface area (Å²) in [6.45, 7) is 1.86. The van der Waals surface area contributed by atoms with Gasteiger partial charge in [0.1, 0.15) is 19.0 Å². The van der Waals surface area contributed by atoms with Crippen molar-refractivity contribution in [2.75, 3.05) is 13.2 Å². The second kappa shape index (κ2) is 11.0. The number of nitrogens with zero attached hydrogens (tertiary/aromatic N) is 1. The Kier molecular flexibility index (Phi) is 8.08. The van der Waals surface area contributed by atoms with E-state index in [9.17, 15) is 22.8 Å². The van der Waals surface area contributed by atoms with Gasteiger partial charge in [0.2, 0.25) is 0 Å². The second-order valence-corrected chi connectivity index (χ2v) is 7.53. The van der Waals surface area contributed by atoms with Crippen LogP contribution in [0.2, 0.25) is 0 Å². The Balaban J connectivity index is 1.57. The zero-order valence-corrected chi connectivity index (χ0v) is 18.1. The lowest BCUT2D eigenvalue weighted by Crippen LogP contribution is -2.14. The normalized spacial score (nSPS) is 13.7. The van der Waals surface area contributed by atoms with Crippen LogP contribution in [0.15, 0.2) is 47.6 Å². The van der Waals surface area contributed by atoms with Crippen LogP contribution < -0.4 is 4.74 Å². The average molecular weight is 463 g/mol. The molecule has 0 radical (unpaired) electrons. The molecule has 1 fully saturated rings. The van der Waals surface area contributed by atoms with E-state index in [1.54, 1.807) is 19.1 Å². The van der Waals surface area contributed by atoms with E-state index < -0.39 is 17.7 Å². The second-order valence-electron chi connectivity index (χ2n) is 7.53. The molecule has 6 nitrogen and oxygen atoms in total. The number of halogens is 3. The summed E-state index contributed by atoms with van der Waals surface area (Å²) >= 11 is 0.